The summed E-state index contributed by atoms with van der Waals surface area (Å²) in [6.45, 7) is 0. The van der Waals surface area contributed by atoms with E-state index in [0.717, 1.165) is 27.5 Å². The normalized spacial score (nSPS) is 11.4. The number of aryl methyl sites for hydroxylation is 2. The molecule has 24 heavy (non-hydrogen) atoms. The standard InChI is InChI=1S/C18H16N4OS/c1-22-15-9-5-4-8-14(15)20-18(22)24-11-10-16-19-13-7-3-2-6-12(13)17(23)21-16/h2-9H,10-11H2,1H3,(H,19,21,23). The summed E-state index contributed by atoms with van der Waals surface area (Å²) in [5, 5.41) is 1.60. The number of para-hydroxylation sites is 3. The number of hydrogen-bond acceptors (Lipinski definition) is 4. The van der Waals surface area contributed by atoms with E-state index in [1.54, 1.807) is 17.8 Å². The minimum Gasteiger partial charge on any atom is -0.322 e. The Balaban J connectivity index is 1.53. The Morgan fingerprint density at radius 2 is 1.79 bits per heavy atom. The van der Waals surface area contributed by atoms with E-state index in [4.69, 9.17) is 0 Å². The van der Waals surface area contributed by atoms with Crippen LogP contribution in [0.1, 0.15) is 5.82 Å². The molecule has 4 rings (SSSR count). The summed E-state index contributed by atoms with van der Waals surface area (Å²) in [5.74, 6) is 1.52. The molecule has 0 bridgehead atoms. The molecular formula is C18H16N4OS. The molecule has 120 valence electrons. The lowest BCUT2D eigenvalue weighted by Gasteiger charge is -2.04. The molecule has 0 aliphatic carbocycles. The van der Waals surface area contributed by atoms with Gasteiger partial charge in [-0.2, -0.15) is 0 Å². The number of imidazole rings is 1. The fourth-order valence-corrected chi connectivity index (χ4v) is 3.68. The number of benzene rings is 2. The quantitative estimate of drug-likeness (QED) is 0.582. The van der Waals surface area contributed by atoms with Crippen LogP contribution in [-0.4, -0.2) is 25.3 Å². The molecule has 0 amide bonds. The van der Waals surface area contributed by atoms with Crippen LogP contribution < -0.4 is 5.56 Å². The Bertz CT molecular complexity index is 1080. The minimum atomic E-state index is -0.0802. The molecule has 0 aliphatic heterocycles. The highest BCUT2D eigenvalue weighted by molar-refractivity contribution is 7.99. The highest BCUT2D eigenvalue weighted by Crippen LogP contribution is 2.23. The number of aromatic amines is 1. The van der Waals surface area contributed by atoms with Gasteiger partial charge >= 0.3 is 0 Å². The van der Waals surface area contributed by atoms with Gasteiger partial charge in [0.25, 0.3) is 5.56 Å². The SMILES string of the molecule is Cn1c(SCCc2nc3ccccc3c(=O)[nH]2)nc2ccccc21. The van der Waals surface area contributed by atoms with Gasteiger partial charge in [0, 0.05) is 19.2 Å². The van der Waals surface area contributed by atoms with E-state index in [0.29, 0.717) is 17.6 Å². The van der Waals surface area contributed by atoms with Gasteiger partial charge in [0.1, 0.15) is 5.82 Å². The molecule has 0 radical (unpaired) electrons. The Hall–Kier alpha value is -2.60. The first kappa shape index (κ1) is 15.0. The second-order valence-corrected chi connectivity index (χ2v) is 6.63. The van der Waals surface area contributed by atoms with E-state index in [2.05, 4.69) is 25.6 Å². The van der Waals surface area contributed by atoms with Crippen molar-refractivity contribution in [2.75, 3.05) is 5.75 Å². The van der Waals surface area contributed by atoms with Gasteiger partial charge in [0.2, 0.25) is 0 Å². The van der Waals surface area contributed by atoms with Gasteiger partial charge < -0.3 is 9.55 Å². The molecule has 0 saturated heterocycles. The van der Waals surface area contributed by atoms with Crippen LogP contribution in [0.25, 0.3) is 21.9 Å². The van der Waals surface area contributed by atoms with Crippen LogP contribution >= 0.6 is 11.8 Å². The van der Waals surface area contributed by atoms with Crippen molar-refractivity contribution in [3.63, 3.8) is 0 Å². The first-order valence-corrected chi connectivity index (χ1v) is 8.73. The van der Waals surface area contributed by atoms with E-state index >= 15 is 0 Å². The Labute approximate surface area is 142 Å². The second kappa shape index (κ2) is 6.13. The summed E-state index contributed by atoms with van der Waals surface area (Å²) < 4.78 is 2.09. The molecule has 2 aromatic carbocycles. The summed E-state index contributed by atoms with van der Waals surface area (Å²) in [6.07, 6.45) is 0.688. The van der Waals surface area contributed by atoms with Gasteiger partial charge in [-0.1, -0.05) is 36.0 Å². The van der Waals surface area contributed by atoms with Crippen LogP contribution in [0.15, 0.2) is 58.5 Å². The zero-order valence-electron chi connectivity index (χ0n) is 13.2. The highest BCUT2D eigenvalue weighted by Gasteiger charge is 2.08. The van der Waals surface area contributed by atoms with E-state index in [1.807, 2.05) is 43.4 Å². The molecule has 0 spiro atoms. The predicted octanol–water partition coefficient (Wildman–Crippen LogP) is 3.14. The van der Waals surface area contributed by atoms with Gasteiger partial charge in [-0.3, -0.25) is 4.79 Å². The Kier molecular flexibility index (Phi) is 3.82. The number of thioether (sulfide) groups is 1. The molecular weight excluding hydrogens is 320 g/mol. The topological polar surface area (TPSA) is 63.6 Å². The van der Waals surface area contributed by atoms with Gasteiger partial charge in [0.05, 0.1) is 21.9 Å². The maximum atomic E-state index is 12.1. The summed E-state index contributed by atoms with van der Waals surface area (Å²) in [7, 11) is 2.02. The third kappa shape index (κ3) is 2.69. The number of nitrogens with one attached hydrogen (secondary N) is 1. The van der Waals surface area contributed by atoms with Crippen molar-refractivity contribution in [2.24, 2.45) is 7.05 Å². The summed E-state index contributed by atoms with van der Waals surface area (Å²) in [5.41, 5.74) is 2.78. The van der Waals surface area contributed by atoms with Gasteiger partial charge in [-0.15, -0.1) is 0 Å². The van der Waals surface area contributed by atoms with Gasteiger partial charge in [0.15, 0.2) is 5.16 Å². The first-order chi connectivity index (χ1) is 11.7. The number of aromatic nitrogens is 4. The lowest BCUT2D eigenvalue weighted by Crippen LogP contribution is -2.12. The third-order valence-corrected chi connectivity index (χ3v) is 5.01. The fraction of sp³-hybridized carbons (Fsp3) is 0.167. The minimum absolute atomic E-state index is 0.0802. The summed E-state index contributed by atoms with van der Waals surface area (Å²) in [4.78, 5) is 24.1. The summed E-state index contributed by atoms with van der Waals surface area (Å²) >= 11 is 1.67. The molecule has 0 fully saturated rings. The molecule has 0 unspecified atom stereocenters. The molecule has 6 heteroatoms. The average molecular weight is 336 g/mol. The van der Waals surface area contributed by atoms with Crippen molar-refractivity contribution >= 4 is 33.7 Å². The van der Waals surface area contributed by atoms with E-state index < -0.39 is 0 Å². The number of nitrogens with zero attached hydrogens (tertiary/aromatic N) is 3. The van der Waals surface area contributed by atoms with Crippen LogP contribution in [0.5, 0.6) is 0 Å². The van der Waals surface area contributed by atoms with Crippen LogP contribution in [0.3, 0.4) is 0 Å². The molecule has 0 saturated carbocycles. The molecule has 1 N–H and O–H groups in total. The highest BCUT2D eigenvalue weighted by atomic mass is 32.2. The molecule has 0 aliphatic rings. The zero-order valence-corrected chi connectivity index (χ0v) is 14.0. The molecule has 4 aromatic rings. The maximum Gasteiger partial charge on any atom is 0.258 e. The lowest BCUT2D eigenvalue weighted by atomic mass is 10.2. The monoisotopic (exact) mass is 336 g/mol. The van der Waals surface area contributed by atoms with E-state index in [1.165, 1.54) is 0 Å². The molecule has 2 heterocycles. The number of rotatable bonds is 4. The van der Waals surface area contributed by atoms with Crippen LogP contribution in [0.4, 0.5) is 0 Å². The van der Waals surface area contributed by atoms with Crippen molar-refractivity contribution in [1.82, 2.24) is 19.5 Å². The maximum absolute atomic E-state index is 12.1. The Morgan fingerprint density at radius 3 is 2.62 bits per heavy atom. The fourth-order valence-electron chi connectivity index (χ4n) is 2.74. The van der Waals surface area contributed by atoms with Crippen molar-refractivity contribution < 1.29 is 0 Å². The largest absolute Gasteiger partial charge is 0.322 e. The van der Waals surface area contributed by atoms with Crippen molar-refractivity contribution in [3.05, 3.63) is 64.7 Å². The van der Waals surface area contributed by atoms with Crippen LogP contribution in [0, 0.1) is 0 Å². The smallest absolute Gasteiger partial charge is 0.258 e. The van der Waals surface area contributed by atoms with Crippen molar-refractivity contribution in [1.29, 1.82) is 0 Å². The van der Waals surface area contributed by atoms with Crippen LogP contribution in [-0.2, 0) is 13.5 Å². The van der Waals surface area contributed by atoms with Gasteiger partial charge in [-0.05, 0) is 24.3 Å². The third-order valence-electron chi connectivity index (χ3n) is 3.98. The first-order valence-electron chi connectivity index (χ1n) is 7.74. The number of hydrogen-bond donors (Lipinski definition) is 1. The lowest BCUT2D eigenvalue weighted by molar-refractivity contribution is 0.813. The molecule has 2 aromatic heterocycles. The predicted molar refractivity (Wildman–Crippen MR) is 97.5 cm³/mol. The zero-order chi connectivity index (χ0) is 16.5. The average Bonchev–Trinajstić information content (AvgIpc) is 2.92. The van der Waals surface area contributed by atoms with Crippen molar-refractivity contribution in [2.45, 2.75) is 11.6 Å². The van der Waals surface area contributed by atoms with Gasteiger partial charge in [-0.25, -0.2) is 9.97 Å². The van der Waals surface area contributed by atoms with E-state index in [-0.39, 0.29) is 5.56 Å². The van der Waals surface area contributed by atoms with Crippen LogP contribution in [0.2, 0.25) is 0 Å². The summed E-state index contributed by atoms with van der Waals surface area (Å²) in [6, 6.07) is 15.5. The Morgan fingerprint density at radius 1 is 1.04 bits per heavy atom. The molecule has 0 atom stereocenters. The number of fused-ring (bicyclic) bond motifs is 2. The second-order valence-electron chi connectivity index (χ2n) is 5.57. The molecule has 5 nitrogen and oxygen atoms in total. The number of H-pyrrole nitrogens is 1. The van der Waals surface area contributed by atoms with Crippen molar-refractivity contribution in [3.8, 4) is 0 Å². The van der Waals surface area contributed by atoms with E-state index in [9.17, 15) is 4.79 Å².